The second kappa shape index (κ2) is 5.48. The number of aliphatic hydroxyl groups excluding tert-OH is 1. The molecule has 2 rings (SSSR count). The Kier molecular flexibility index (Phi) is 4.13. The monoisotopic (exact) mass is 285 g/mol. The average molecular weight is 285 g/mol. The molecule has 0 spiro atoms. The van der Waals surface area contributed by atoms with Gasteiger partial charge in [0.25, 0.3) is 0 Å². The van der Waals surface area contributed by atoms with Crippen LogP contribution in [0.3, 0.4) is 0 Å². The third-order valence-corrected chi connectivity index (χ3v) is 5.10. The molecule has 1 aromatic carbocycles. The molecule has 19 heavy (non-hydrogen) atoms. The molecule has 1 fully saturated rings. The molecule has 1 saturated heterocycles. The van der Waals surface area contributed by atoms with Crippen molar-refractivity contribution in [3.05, 3.63) is 29.8 Å². The number of benzene rings is 1. The van der Waals surface area contributed by atoms with Crippen LogP contribution < -0.4 is 10.1 Å². The van der Waals surface area contributed by atoms with Gasteiger partial charge in [-0.25, -0.2) is 8.42 Å². The minimum absolute atomic E-state index is 0.0114. The van der Waals surface area contributed by atoms with Gasteiger partial charge >= 0.3 is 0 Å². The largest absolute Gasteiger partial charge is 0.497 e. The van der Waals surface area contributed by atoms with Crippen LogP contribution in [-0.2, 0) is 9.84 Å². The predicted octanol–water partition coefficient (Wildman–Crippen LogP) is 0.504. The number of hydrogen-bond acceptors (Lipinski definition) is 5. The lowest BCUT2D eigenvalue weighted by molar-refractivity contribution is 0.160. The van der Waals surface area contributed by atoms with E-state index >= 15 is 0 Å². The highest BCUT2D eigenvalue weighted by molar-refractivity contribution is 7.91. The van der Waals surface area contributed by atoms with Gasteiger partial charge in [0, 0.05) is 12.1 Å². The van der Waals surface area contributed by atoms with Gasteiger partial charge < -0.3 is 15.2 Å². The summed E-state index contributed by atoms with van der Waals surface area (Å²) in [4.78, 5) is 0. The lowest BCUT2D eigenvalue weighted by Crippen LogP contribution is -2.40. The van der Waals surface area contributed by atoms with E-state index in [1.54, 1.807) is 7.11 Å². The maximum atomic E-state index is 11.4. The van der Waals surface area contributed by atoms with Crippen LogP contribution in [0.5, 0.6) is 5.75 Å². The summed E-state index contributed by atoms with van der Waals surface area (Å²) in [5.74, 6) is 0.587. The van der Waals surface area contributed by atoms with Crippen LogP contribution in [0.15, 0.2) is 24.3 Å². The lowest BCUT2D eigenvalue weighted by Gasteiger charge is -2.21. The van der Waals surface area contributed by atoms with Gasteiger partial charge in [0.05, 0.1) is 24.7 Å². The van der Waals surface area contributed by atoms with Crippen molar-refractivity contribution in [1.82, 2.24) is 5.32 Å². The van der Waals surface area contributed by atoms with E-state index in [9.17, 15) is 13.5 Å². The summed E-state index contributed by atoms with van der Waals surface area (Å²) < 4.78 is 28.1. The molecule has 2 N–H and O–H groups in total. The van der Waals surface area contributed by atoms with E-state index in [1.165, 1.54) is 0 Å². The van der Waals surface area contributed by atoms with E-state index in [4.69, 9.17) is 4.74 Å². The van der Waals surface area contributed by atoms with Gasteiger partial charge in [-0.05, 0) is 24.6 Å². The predicted molar refractivity (Wildman–Crippen MR) is 73.0 cm³/mol. The minimum Gasteiger partial charge on any atom is -0.497 e. The number of nitrogens with one attached hydrogen (secondary N) is 1. The van der Waals surface area contributed by atoms with Crippen molar-refractivity contribution >= 4 is 9.84 Å². The summed E-state index contributed by atoms with van der Waals surface area (Å²) in [6.07, 6.45) is -0.835. The molecule has 6 heteroatoms. The quantitative estimate of drug-likeness (QED) is 0.843. The zero-order valence-corrected chi connectivity index (χ0v) is 11.9. The number of ether oxygens (including phenoxy) is 1. The Hall–Kier alpha value is -1.11. The molecule has 1 aromatic rings. The third kappa shape index (κ3) is 3.46. The van der Waals surface area contributed by atoms with Gasteiger partial charge in [0.2, 0.25) is 0 Å². The van der Waals surface area contributed by atoms with Crippen molar-refractivity contribution in [3.63, 3.8) is 0 Å². The molecule has 5 nitrogen and oxygen atoms in total. The first-order valence-electron chi connectivity index (χ1n) is 6.20. The Morgan fingerprint density at radius 2 is 2.16 bits per heavy atom. The molecule has 1 heterocycles. The lowest BCUT2D eigenvalue weighted by atomic mass is 10.1. The fourth-order valence-corrected chi connectivity index (χ4v) is 4.07. The van der Waals surface area contributed by atoms with Gasteiger partial charge in [-0.1, -0.05) is 12.1 Å². The molecular formula is C13H19NO4S. The van der Waals surface area contributed by atoms with Crippen molar-refractivity contribution in [2.24, 2.45) is 0 Å². The molecule has 0 aliphatic carbocycles. The Labute approximate surface area is 113 Å². The highest BCUT2D eigenvalue weighted by Crippen LogP contribution is 2.21. The van der Waals surface area contributed by atoms with E-state index in [0.29, 0.717) is 0 Å². The Balaban J connectivity index is 2.06. The maximum absolute atomic E-state index is 11.4. The van der Waals surface area contributed by atoms with E-state index < -0.39 is 22.0 Å². The smallest absolute Gasteiger partial charge is 0.154 e. The molecule has 106 valence electrons. The summed E-state index contributed by atoms with van der Waals surface area (Å²) in [6.45, 7) is 1.94. The van der Waals surface area contributed by atoms with Crippen molar-refractivity contribution in [2.75, 3.05) is 18.6 Å². The molecule has 0 aromatic heterocycles. The first-order chi connectivity index (χ1) is 8.91. The van der Waals surface area contributed by atoms with Crippen LogP contribution >= 0.6 is 0 Å². The van der Waals surface area contributed by atoms with Crippen molar-refractivity contribution in [2.45, 2.75) is 25.1 Å². The highest BCUT2D eigenvalue weighted by Gasteiger charge is 2.36. The van der Waals surface area contributed by atoms with E-state index in [0.717, 1.165) is 11.3 Å². The molecule has 3 atom stereocenters. The Morgan fingerprint density at radius 3 is 2.74 bits per heavy atom. The fraction of sp³-hybridized carbons (Fsp3) is 0.538. The summed E-state index contributed by atoms with van der Waals surface area (Å²) in [7, 11) is -1.52. The molecule has 2 unspecified atom stereocenters. The molecule has 0 amide bonds. The van der Waals surface area contributed by atoms with Crippen molar-refractivity contribution < 1.29 is 18.3 Å². The van der Waals surface area contributed by atoms with Crippen LogP contribution in [0, 0.1) is 0 Å². The summed E-state index contributed by atoms with van der Waals surface area (Å²) in [6, 6.07) is 7.11. The SMILES string of the molecule is COc1cccc([C@H](C)NC2CS(=O)(=O)CC2O)c1. The van der Waals surface area contributed by atoms with E-state index in [2.05, 4.69) is 5.32 Å². The second-order valence-electron chi connectivity index (χ2n) is 4.92. The van der Waals surface area contributed by atoms with Gasteiger partial charge in [-0.3, -0.25) is 0 Å². The minimum atomic E-state index is -3.12. The van der Waals surface area contributed by atoms with Crippen LogP contribution in [-0.4, -0.2) is 44.3 Å². The summed E-state index contributed by atoms with van der Waals surface area (Å²) >= 11 is 0. The Bertz CT molecular complexity index is 543. The topological polar surface area (TPSA) is 75.6 Å². The molecule has 1 aliphatic heterocycles. The number of sulfone groups is 1. The normalized spacial score (nSPS) is 27.1. The number of hydrogen-bond donors (Lipinski definition) is 2. The van der Waals surface area contributed by atoms with Crippen molar-refractivity contribution in [1.29, 1.82) is 0 Å². The number of rotatable bonds is 4. The van der Waals surface area contributed by atoms with Crippen LogP contribution in [0.1, 0.15) is 18.5 Å². The molecule has 0 radical (unpaired) electrons. The number of aliphatic hydroxyl groups is 1. The molecule has 1 aliphatic rings. The summed E-state index contributed by atoms with van der Waals surface area (Å²) in [5, 5.41) is 12.9. The standard InChI is InChI=1S/C13H19NO4S/c1-9(10-4-3-5-11(6-10)18-2)14-12-7-19(16,17)8-13(12)15/h3-6,9,12-15H,7-8H2,1-2H3/t9-,12?,13?/m0/s1. The molecule has 0 bridgehead atoms. The molecular weight excluding hydrogens is 266 g/mol. The van der Waals surface area contributed by atoms with Crippen LogP contribution in [0.25, 0.3) is 0 Å². The van der Waals surface area contributed by atoms with E-state index in [-0.39, 0.29) is 17.5 Å². The third-order valence-electron chi connectivity index (χ3n) is 3.38. The molecule has 0 saturated carbocycles. The number of methoxy groups -OCH3 is 1. The van der Waals surface area contributed by atoms with Gasteiger partial charge in [0.15, 0.2) is 9.84 Å². The zero-order valence-electron chi connectivity index (χ0n) is 11.0. The van der Waals surface area contributed by atoms with E-state index in [1.807, 2.05) is 31.2 Å². The van der Waals surface area contributed by atoms with Gasteiger partial charge in [-0.15, -0.1) is 0 Å². The zero-order chi connectivity index (χ0) is 14.0. The maximum Gasteiger partial charge on any atom is 0.154 e. The van der Waals surface area contributed by atoms with Crippen molar-refractivity contribution in [3.8, 4) is 5.75 Å². The van der Waals surface area contributed by atoms with Crippen LogP contribution in [0.2, 0.25) is 0 Å². The summed E-state index contributed by atoms with van der Waals surface area (Å²) in [5.41, 5.74) is 0.996. The second-order valence-corrected chi connectivity index (χ2v) is 7.07. The first kappa shape index (κ1) is 14.3. The fourth-order valence-electron chi connectivity index (χ4n) is 2.32. The Morgan fingerprint density at radius 1 is 1.42 bits per heavy atom. The van der Waals surface area contributed by atoms with Gasteiger partial charge in [-0.2, -0.15) is 0 Å². The van der Waals surface area contributed by atoms with Crippen LogP contribution in [0.4, 0.5) is 0 Å². The van der Waals surface area contributed by atoms with Gasteiger partial charge in [0.1, 0.15) is 5.75 Å². The highest BCUT2D eigenvalue weighted by atomic mass is 32.2. The average Bonchev–Trinajstić information content (AvgIpc) is 2.62. The first-order valence-corrected chi connectivity index (χ1v) is 8.02.